The first-order valence-corrected chi connectivity index (χ1v) is 14.0. The van der Waals surface area contributed by atoms with E-state index in [0.717, 1.165) is 47.3 Å². The molecule has 2 aromatic carbocycles. The van der Waals surface area contributed by atoms with Crippen LogP contribution in [0.5, 0.6) is 5.75 Å². The molecular formula is C30H28ClNO6S. The minimum atomic E-state index is -0.510. The molecule has 0 spiro atoms. The van der Waals surface area contributed by atoms with E-state index in [2.05, 4.69) is 5.32 Å². The Hall–Kier alpha value is -3.62. The first kappa shape index (κ1) is 27.0. The number of hydrogen-bond donors (Lipinski definition) is 1. The summed E-state index contributed by atoms with van der Waals surface area (Å²) in [6.45, 7) is 5.27. The van der Waals surface area contributed by atoms with Gasteiger partial charge in [-0.25, -0.2) is 4.79 Å². The van der Waals surface area contributed by atoms with Crippen molar-refractivity contribution in [1.29, 1.82) is 0 Å². The first-order chi connectivity index (χ1) is 18.8. The third kappa shape index (κ3) is 5.31. The van der Waals surface area contributed by atoms with Crippen LogP contribution >= 0.6 is 22.9 Å². The van der Waals surface area contributed by atoms with Gasteiger partial charge in [0.15, 0.2) is 12.4 Å². The highest BCUT2D eigenvalue weighted by Gasteiger charge is 2.28. The van der Waals surface area contributed by atoms with E-state index in [-0.39, 0.29) is 18.1 Å². The van der Waals surface area contributed by atoms with Crippen LogP contribution in [0.3, 0.4) is 0 Å². The molecule has 0 radical (unpaired) electrons. The maximum Gasteiger partial charge on any atom is 0.341 e. The van der Waals surface area contributed by atoms with Crippen LogP contribution in [0.4, 0.5) is 5.00 Å². The Morgan fingerprint density at radius 2 is 1.90 bits per heavy atom. The lowest BCUT2D eigenvalue weighted by Gasteiger charge is -2.14. The average molecular weight is 566 g/mol. The smallest absolute Gasteiger partial charge is 0.341 e. The summed E-state index contributed by atoms with van der Waals surface area (Å²) in [5, 5.41) is 3.99. The Bertz CT molecular complexity index is 1650. The van der Waals surface area contributed by atoms with Crippen molar-refractivity contribution in [1.82, 2.24) is 0 Å². The van der Waals surface area contributed by atoms with Crippen LogP contribution in [0, 0.1) is 13.8 Å². The van der Waals surface area contributed by atoms with Gasteiger partial charge in [-0.1, -0.05) is 29.8 Å². The van der Waals surface area contributed by atoms with Crippen molar-refractivity contribution < 1.29 is 23.5 Å². The van der Waals surface area contributed by atoms with Crippen LogP contribution < -0.4 is 15.5 Å². The lowest BCUT2D eigenvalue weighted by Crippen LogP contribution is -2.23. The Morgan fingerprint density at radius 3 is 2.67 bits per heavy atom. The number of ether oxygens (including phenoxy) is 2. The van der Waals surface area contributed by atoms with Crippen molar-refractivity contribution >= 4 is 50.8 Å². The molecule has 0 atom stereocenters. The normalized spacial score (nSPS) is 12.7. The van der Waals surface area contributed by atoms with E-state index >= 15 is 0 Å². The van der Waals surface area contributed by atoms with E-state index < -0.39 is 23.9 Å². The molecule has 0 unspecified atom stereocenters. The minimum Gasteiger partial charge on any atom is -0.476 e. The van der Waals surface area contributed by atoms with Crippen molar-refractivity contribution in [3.05, 3.63) is 78.8 Å². The molecule has 39 heavy (non-hydrogen) atoms. The SMILES string of the molecule is CCOC(=O)c1c(NC(=O)COc2c(-c3ccccc3Cl)oc3c(C)cc(C)cc3c2=O)sc2c1CCCC2. The number of aryl methyl sites for hydroxylation is 3. The van der Waals surface area contributed by atoms with Crippen molar-refractivity contribution in [2.45, 2.75) is 46.5 Å². The number of fused-ring (bicyclic) bond motifs is 2. The van der Waals surface area contributed by atoms with Gasteiger partial charge in [0.05, 0.1) is 22.6 Å². The largest absolute Gasteiger partial charge is 0.476 e. The highest BCUT2D eigenvalue weighted by atomic mass is 35.5. The van der Waals surface area contributed by atoms with Gasteiger partial charge in [0.1, 0.15) is 10.6 Å². The Morgan fingerprint density at radius 1 is 1.13 bits per heavy atom. The number of esters is 1. The molecule has 9 heteroatoms. The number of thiophene rings is 1. The van der Waals surface area contributed by atoms with Crippen LogP contribution in [0.2, 0.25) is 5.02 Å². The summed E-state index contributed by atoms with van der Waals surface area (Å²) >= 11 is 7.84. The van der Waals surface area contributed by atoms with E-state index in [1.54, 1.807) is 37.3 Å². The standard InChI is InChI=1S/C30H28ClNO6S/c1-4-36-30(35)24-19-10-6-8-12-22(19)39-29(24)32-23(33)15-37-28-25(34)20-14-16(2)13-17(3)26(20)38-27(28)18-9-5-7-11-21(18)31/h5,7,9,11,13-14H,4,6,8,10,12,15H2,1-3H3,(H,32,33). The van der Waals surface area contributed by atoms with E-state index in [1.165, 1.54) is 11.3 Å². The molecule has 5 rings (SSSR count). The van der Waals surface area contributed by atoms with Crippen molar-refractivity contribution in [3.63, 3.8) is 0 Å². The van der Waals surface area contributed by atoms with E-state index in [4.69, 9.17) is 25.5 Å². The third-order valence-electron chi connectivity index (χ3n) is 6.65. The molecule has 0 bridgehead atoms. The molecule has 0 fully saturated rings. The zero-order valence-electron chi connectivity index (χ0n) is 21.9. The van der Waals surface area contributed by atoms with Gasteiger partial charge in [-0.15, -0.1) is 11.3 Å². The minimum absolute atomic E-state index is 0.105. The molecule has 0 aliphatic heterocycles. The molecule has 202 valence electrons. The maximum absolute atomic E-state index is 13.6. The topological polar surface area (TPSA) is 94.8 Å². The monoisotopic (exact) mass is 565 g/mol. The van der Waals surface area contributed by atoms with Crippen LogP contribution in [-0.2, 0) is 22.4 Å². The number of carbonyl (C=O) groups is 2. The number of halogens is 1. The summed E-state index contributed by atoms with van der Waals surface area (Å²) in [6, 6.07) is 10.6. The number of anilines is 1. The van der Waals surface area contributed by atoms with Gasteiger partial charge in [-0.3, -0.25) is 9.59 Å². The van der Waals surface area contributed by atoms with Crippen molar-refractivity contribution in [2.75, 3.05) is 18.5 Å². The van der Waals surface area contributed by atoms with Gasteiger partial charge in [-0.05, 0) is 81.3 Å². The van der Waals surface area contributed by atoms with Crippen LogP contribution in [0.25, 0.3) is 22.3 Å². The van der Waals surface area contributed by atoms with Crippen LogP contribution in [-0.4, -0.2) is 25.1 Å². The highest BCUT2D eigenvalue weighted by molar-refractivity contribution is 7.17. The van der Waals surface area contributed by atoms with Gasteiger partial charge >= 0.3 is 5.97 Å². The zero-order chi connectivity index (χ0) is 27.7. The van der Waals surface area contributed by atoms with Crippen molar-refractivity contribution in [2.24, 2.45) is 0 Å². The van der Waals surface area contributed by atoms with Gasteiger partial charge in [-0.2, -0.15) is 0 Å². The molecule has 0 saturated carbocycles. The second-order valence-electron chi connectivity index (χ2n) is 9.50. The quantitative estimate of drug-likeness (QED) is 0.246. The Kier molecular flexibility index (Phi) is 7.77. The van der Waals surface area contributed by atoms with Crippen LogP contribution in [0.1, 0.15) is 51.7 Å². The molecule has 7 nitrogen and oxygen atoms in total. The second-order valence-corrected chi connectivity index (χ2v) is 11.0. The number of nitrogens with one attached hydrogen (secondary N) is 1. The summed E-state index contributed by atoms with van der Waals surface area (Å²) in [4.78, 5) is 40.6. The number of rotatable bonds is 7. The maximum atomic E-state index is 13.6. The predicted molar refractivity (Wildman–Crippen MR) is 153 cm³/mol. The Labute approximate surface area is 234 Å². The fourth-order valence-corrected chi connectivity index (χ4v) is 6.47. The lowest BCUT2D eigenvalue weighted by molar-refractivity contribution is -0.118. The number of benzene rings is 2. The molecule has 0 saturated heterocycles. The zero-order valence-corrected chi connectivity index (χ0v) is 23.5. The molecule has 4 aromatic rings. The lowest BCUT2D eigenvalue weighted by atomic mass is 9.95. The summed E-state index contributed by atoms with van der Waals surface area (Å²) in [5.74, 6) is -0.914. The third-order valence-corrected chi connectivity index (χ3v) is 8.19. The van der Waals surface area contributed by atoms with Crippen LogP contribution in [0.15, 0.2) is 45.6 Å². The fraction of sp³-hybridized carbons (Fsp3) is 0.300. The molecule has 1 aliphatic rings. The number of amides is 1. The van der Waals surface area contributed by atoms with Crippen molar-refractivity contribution in [3.8, 4) is 17.1 Å². The summed E-state index contributed by atoms with van der Waals surface area (Å²) < 4.78 is 17.3. The van der Waals surface area contributed by atoms with E-state index in [9.17, 15) is 14.4 Å². The number of hydrogen-bond acceptors (Lipinski definition) is 7. The first-order valence-electron chi connectivity index (χ1n) is 12.9. The second kappa shape index (κ2) is 11.2. The molecule has 1 aliphatic carbocycles. The predicted octanol–water partition coefficient (Wildman–Crippen LogP) is 6.86. The molecule has 2 heterocycles. The van der Waals surface area contributed by atoms with Gasteiger partial charge < -0.3 is 19.2 Å². The fourth-order valence-electron chi connectivity index (χ4n) is 4.96. The summed E-state index contributed by atoms with van der Waals surface area (Å²) in [6.07, 6.45) is 3.64. The molecule has 1 amide bonds. The van der Waals surface area contributed by atoms with Gasteiger partial charge in [0.2, 0.25) is 11.2 Å². The van der Waals surface area contributed by atoms with E-state index in [1.807, 2.05) is 19.9 Å². The summed E-state index contributed by atoms with van der Waals surface area (Å²) in [5.41, 5.74) is 3.57. The van der Waals surface area contributed by atoms with E-state index in [0.29, 0.717) is 32.1 Å². The number of carbonyl (C=O) groups excluding carboxylic acids is 2. The average Bonchev–Trinajstić information content (AvgIpc) is 3.26. The highest BCUT2D eigenvalue weighted by Crippen LogP contribution is 2.39. The summed E-state index contributed by atoms with van der Waals surface area (Å²) in [7, 11) is 0. The van der Waals surface area contributed by atoms with Gasteiger partial charge in [0, 0.05) is 10.4 Å². The van der Waals surface area contributed by atoms with Gasteiger partial charge in [0.25, 0.3) is 5.91 Å². The molecule has 2 aromatic heterocycles. The molecular weight excluding hydrogens is 538 g/mol. The Balaban J connectivity index is 1.49. The molecule has 1 N–H and O–H groups in total.